The van der Waals surface area contributed by atoms with Gasteiger partial charge in [-0.15, -0.1) is 0 Å². The summed E-state index contributed by atoms with van der Waals surface area (Å²) in [6.07, 6.45) is 6.98. The van der Waals surface area contributed by atoms with E-state index in [1.807, 2.05) is 6.20 Å². The Morgan fingerprint density at radius 2 is 1.62 bits per heavy atom. The van der Waals surface area contributed by atoms with Gasteiger partial charge in [0.2, 0.25) is 0 Å². The van der Waals surface area contributed by atoms with E-state index in [1.165, 1.54) is 53.5 Å². The summed E-state index contributed by atoms with van der Waals surface area (Å²) in [5.74, 6) is 0.339. The monoisotopic (exact) mass is 313 g/mol. The first-order valence-electron chi connectivity index (χ1n) is 8.95. The van der Waals surface area contributed by atoms with E-state index in [0.717, 1.165) is 5.69 Å². The van der Waals surface area contributed by atoms with E-state index in [0.29, 0.717) is 5.92 Å². The zero-order valence-electron chi connectivity index (χ0n) is 14.2. The van der Waals surface area contributed by atoms with Crippen molar-refractivity contribution in [2.45, 2.75) is 38.5 Å². The van der Waals surface area contributed by atoms with Gasteiger partial charge in [0, 0.05) is 17.7 Å². The quantitative estimate of drug-likeness (QED) is 0.597. The molecule has 0 fully saturated rings. The van der Waals surface area contributed by atoms with Gasteiger partial charge in [-0.25, -0.2) is 0 Å². The van der Waals surface area contributed by atoms with Crippen molar-refractivity contribution in [3.05, 3.63) is 89.1 Å². The first-order chi connectivity index (χ1) is 11.8. The minimum atomic E-state index is 0.339. The molecule has 1 aliphatic rings. The van der Waals surface area contributed by atoms with Gasteiger partial charge < -0.3 is 0 Å². The highest BCUT2D eigenvalue weighted by atomic mass is 14.7. The number of aryl methyl sites for hydroxylation is 2. The fourth-order valence-corrected chi connectivity index (χ4v) is 3.81. The van der Waals surface area contributed by atoms with E-state index >= 15 is 0 Å². The summed E-state index contributed by atoms with van der Waals surface area (Å²) >= 11 is 0. The number of fused-ring (bicyclic) bond motifs is 1. The van der Waals surface area contributed by atoms with Crippen LogP contribution in [0.3, 0.4) is 0 Å². The van der Waals surface area contributed by atoms with Gasteiger partial charge in [-0.1, -0.05) is 55.5 Å². The van der Waals surface area contributed by atoms with Gasteiger partial charge >= 0.3 is 0 Å². The van der Waals surface area contributed by atoms with Crippen LogP contribution in [0.5, 0.6) is 0 Å². The smallest absolute Gasteiger partial charge is 0.0740 e. The van der Waals surface area contributed by atoms with Crippen LogP contribution in [0.4, 0.5) is 0 Å². The fourth-order valence-electron chi connectivity index (χ4n) is 3.81. The third-order valence-corrected chi connectivity index (χ3v) is 5.23. The van der Waals surface area contributed by atoms with Gasteiger partial charge in [-0.3, -0.25) is 4.98 Å². The molecule has 0 aliphatic heterocycles. The van der Waals surface area contributed by atoms with Crippen molar-refractivity contribution in [1.82, 2.24) is 4.98 Å². The zero-order chi connectivity index (χ0) is 16.4. The maximum Gasteiger partial charge on any atom is 0.0740 e. The highest BCUT2D eigenvalue weighted by Crippen LogP contribution is 2.33. The predicted molar refractivity (Wildman–Crippen MR) is 100 cm³/mol. The number of benzene rings is 2. The molecule has 1 unspecified atom stereocenters. The molecule has 1 aromatic heterocycles. The molecule has 0 N–H and O–H groups in total. The van der Waals surface area contributed by atoms with Crippen LogP contribution < -0.4 is 0 Å². The lowest BCUT2D eigenvalue weighted by atomic mass is 9.87. The third-order valence-electron chi connectivity index (χ3n) is 5.23. The second-order valence-electron chi connectivity index (χ2n) is 6.76. The summed E-state index contributed by atoms with van der Waals surface area (Å²) in [6, 6.07) is 21.9. The molecular weight excluding hydrogens is 290 g/mol. The molecule has 2 aromatic carbocycles. The van der Waals surface area contributed by atoms with Crippen LogP contribution in [0.25, 0.3) is 11.3 Å². The second-order valence-corrected chi connectivity index (χ2v) is 6.76. The number of pyridine rings is 1. The number of nitrogens with zero attached hydrogens (tertiary/aromatic N) is 1. The summed E-state index contributed by atoms with van der Waals surface area (Å²) in [4.78, 5) is 4.74. The van der Waals surface area contributed by atoms with Crippen LogP contribution >= 0.6 is 0 Å². The molecule has 1 aliphatic carbocycles. The lowest BCUT2D eigenvalue weighted by Crippen LogP contribution is -2.04. The molecule has 0 radical (unpaired) electrons. The SMILES string of the molecule is CC(c1ccccc1)c1cccnc1-c1ccc2c(c1)CCCC2. The van der Waals surface area contributed by atoms with Crippen LogP contribution in [0.15, 0.2) is 66.9 Å². The van der Waals surface area contributed by atoms with Crippen molar-refractivity contribution >= 4 is 0 Å². The van der Waals surface area contributed by atoms with Crippen molar-refractivity contribution in [2.24, 2.45) is 0 Å². The van der Waals surface area contributed by atoms with E-state index in [-0.39, 0.29) is 0 Å². The molecule has 0 amide bonds. The molecule has 0 saturated carbocycles. The molecule has 0 spiro atoms. The summed E-state index contributed by atoms with van der Waals surface area (Å²) in [6.45, 7) is 2.27. The molecule has 1 atom stereocenters. The number of hydrogen-bond donors (Lipinski definition) is 0. The normalized spacial score (nSPS) is 14.9. The zero-order valence-corrected chi connectivity index (χ0v) is 14.2. The Kier molecular flexibility index (Phi) is 4.17. The largest absolute Gasteiger partial charge is 0.256 e. The Balaban J connectivity index is 1.77. The van der Waals surface area contributed by atoms with Crippen molar-refractivity contribution < 1.29 is 0 Å². The Morgan fingerprint density at radius 1 is 0.833 bits per heavy atom. The van der Waals surface area contributed by atoms with Gasteiger partial charge in [0.15, 0.2) is 0 Å². The Bertz CT molecular complexity index is 836. The van der Waals surface area contributed by atoms with E-state index in [2.05, 4.69) is 67.6 Å². The second kappa shape index (κ2) is 6.60. The first kappa shape index (κ1) is 15.1. The van der Waals surface area contributed by atoms with E-state index < -0.39 is 0 Å². The lowest BCUT2D eigenvalue weighted by Gasteiger charge is -2.19. The minimum Gasteiger partial charge on any atom is -0.256 e. The Morgan fingerprint density at radius 3 is 2.46 bits per heavy atom. The summed E-state index contributed by atoms with van der Waals surface area (Å²) in [7, 11) is 0. The van der Waals surface area contributed by atoms with Gasteiger partial charge in [0.25, 0.3) is 0 Å². The molecule has 1 nitrogen and oxygen atoms in total. The molecule has 1 heterocycles. The van der Waals surface area contributed by atoms with Gasteiger partial charge in [0.05, 0.1) is 5.69 Å². The van der Waals surface area contributed by atoms with Crippen molar-refractivity contribution in [2.75, 3.05) is 0 Å². The average molecular weight is 313 g/mol. The summed E-state index contributed by atoms with van der Waals surface area (Å²) < 4.78 is 0. The number of rotatable bonds is 3. The van der Waals surface area contributed by atoms with Crippen molar-refractivity contribution in [1.29, 1.82) is 0 Å². The predicted octanol–water partition coefficient (Wildman–Crippen LogP) is 5.78. The summed E-state index contributed by atoms with van der Waals surface area (Å²) in [5, 5.41) is 0. The van der Waals surface area contributed by atoms with Gasteiger partial charge in [-0.05, 0) is 60.1 Å². The average Bonchev–Trinajstić information content (AvgIpc) is 2.68. The van der Waals surface area contributed by atoms with Crippen molar-refractivity contribution in [3.8, 4) is 11.3 Å². The Labute approximate surface area is 144 Å². The molecule has 24 heavy (non-hydrogen) atoms. The first-order valence-corrected chi connectivity index (χ1v) is 8.95. The van der Waals surface area contributed by atoms with Crippen LogP contribution in [0.1, 0.15) is 47.9 Å². The molecule has 120 valence electrons. The minimum absolute atomic E-state index is 0.339. The van der Waals surface area contributed by atoms with E-state index in [1.54, 1.807) is 0 Å². The van der Waals surface area contributed by atoms with Crippen LogP contribution in [-0.2, 0) is 12.8 Å². The maximum atomic E-state index is 4.74. The van der Waals surface area contributed by atoms with E-state index in [9.17, 15) is 0 Å². The van der Waals surface area contributed by atoms with Crippen LogP contribution in [0, 0.1) is 0 Å². The fraction of sp³-hybridized carbons (Fsp3) is 0.261. The van der Waals surface area contributed by atoms with Gasteiger partial charge in [-0.2, -0.15) is 0 Å². The molecule has 1 heteroatoms. The van der Waals surface area contributed by atoms with Crippen LogP contribution in [0.2, 0.25) is 0 Å². The lowest BCUT2D eigenvalue weighted by molar-refractivity contribution is 0.686. The molecular formula is C23H23N. The number of hydrogen-bond acceptors (Lipinski definition) is 1. The number of aromatic nitrogens is 1. The van der Waals surface area contributed by atoms with E-state index in [4.69, 9.17) is 4.98 Å². The molecule has 0 saturated heterocycles. The standard InChI is InChI=1S/C23H23N/c1-17(18-8-3-2-4-9-18)22-12-7-15-24-23(22)21-14-13-19-10-5-6-11-20(19)16-21/h2-4,7-9,12-17H,5-6,10-11H2,1H3. The topological polar surface area (TPSA) is 12.9 Å². The summed E-state index contributed by atoms with van der Waals surface area (Å²) in [5.41, 5.74) is 8.07. The highest BCUT2D eigenvalue weighted by Gasteiger charge is 2.16. The molecule has 0 bridgehead atoms. The maximum absolute atomic E-state index is 4.74. The van der Waals surface area contributed by atoms with Crippen LogP contribution in [-0.4, -0.2) is 4.98 Å². The molecule has 4 rings (SSSR count). The van der Waals surface area contributed by atoms with Crippen molar-refractivity contribution in [3.63, 3.8) is 0 Å². The third kappa shape index (κ3) is 2.87. The Hall–Kier alpha value is -2.41. The molecule has 3 aromatic rings. The van der Waals surface area contributed by atoms with Gasteiger partial charge in [0.1, 0.15) is 0 Å². The highest BCUT2D eigenvalue weighted by molar-refractivity contribution is 5.66.